The first-order chi connectivity index (χ1) is 7.49. The molecule has 1 aliphatic heterocycles. The summed E-state index contributed by atoms with van der Waals surface area (Å²) in [6.07, 6.45) is 2.26. The van der Waals surface area contributed by atoms with E-state index in [-0.39, 0.29) is 24.3 Å². The molecule has 0 spiro atoms. The van der Waals surface area contributed by atoms with Crippen molar-refractivity contribution in [1.82, 2.24) is 4.90 Å². The smallest absolute Gasteiger partial charge is 0.303 e. The Hall–Kier alpha value is -1.10. The van der Waals surface area contributed by atoms with Crippen LogP contribution in [0, 0.1) is 5.92 Å². The van der Waals surface area contributed by atoms with Crippen LogP contribution in [0.5, 0.6) is 0 Å². The molecule has 0 aliphatic carbocycles. The lowest BCUT2D eigenvalue weighted by molar-refractivity contribution is -0.138. The first-order valence-corrected chi connectivity index (χ1v) is 5.74. The molecule has 92 valence electrons. The Bertz CT molecular complexity index is 268. The molecule has 1 aliphatic rings. The number of carbonyl (C=O) groups excluding carboxylic acids is 1. The summed E-state index contributed by atoms with van der Waals surface area (Å²) in [5, 5.41) is 8.60. The lowest BCUT2D eigenvalue weighted by Crippen LogP contribution is -2.46. The molecule has 0 radical (unpaired) electrons. The standard InChI is InChI=1S/C11H20N2O3/c1-8(6-11(15)16)5-10(14)13-4-2-3-9(12)7-13/h8-9H,2-7,12H2,1H3,(H,15,16). The average molecular weight is 228 g/mol. The summed E-state index contributed by atoms with van der Waals surface area (Å²) in [6.45, 7) is 3.15. The van der Waals surface area contributed by atoms with Crippen LogP contribution in [-0.2, 0) is 9.59 Å². The van der Waals surface area contributed by atoms with Crippen molar-refractivity contribution in [2.75, 3.05) is 13.1 Å². The molecule has 16 heavy (non-hydrogen) atoms. The van der Waals surface area contributed by atoms with Gasteiger partial charge in [-0.2, -0.15) is 0 Å². The molecule has 0 saturated carbocycles. The van der Waals surface area contributed by atoms with E-state index in [9.17, 15) is 9.59 Å². The maximum absolute atomic E-state index is 11.8. The number of amides is 1. The van der Waals surface area contributed by atoms with Gasteiger partial charge in [-0.05, 0) is 18.8 Å². The Kier molecular flexibility index (Phi) is 4.73. The summed E-state index contributed by atoms with van der Waals surface area (Å²) in [6, 6.07) is 0.0764. The molecular weight excluding hydrogens is 208 g/mol. The summed E-state index contributed by atoms with van der Waals surface area (Å²) in [7, 11) is 0. The molecular formula is C11H20N2O3. The molecule has 0 bridgehead atoms. The lowest BCUT2D eigenvalue weighted by atomic mass is 10.0. The Balaban J connectivity index is 2.36. The first kappa shape index (κ1) is 13.0. The van der Waals surface area contributed by atoms with Gasteiger partial charge in [0.05, 0.1) is 0 Å². The van der Waals surface area contributed by atoms with E-state index in [4.69, 9.17) is 10.8 Å². The maximum atomic E-state index is 11.8. The minimum atomic E-state index is -0.851. The molecule has 1 fully saturated rings. The summed E-state index contributed by atoms with van der Waals surface area (Å²) >= 11 is 0. The van der Waals surface area contributed by atoms with Crippen molar-refractivity contribution in [2.45, 2.75) is 38.6 Å². The van der Waals surface area contributed by atoms with Gasteiger partial charge in [0.15, 0.2) is 0 Å². The van der Waals surface area contributed by atoms with E-state index < -0.39 is 5.97 Å². The topological polar surface area (TPSA) is 83.6 Å². The van der Waals surface area contributed by atoms with Crippen molar-refractivity contribution < 1.29 is 14.7 Å². The van der Waals surface area contributed by atoms with Crippen LogP contribution < -0.4 is 5.73 Å². The minimum absolute atomic E-state index is 0.0314. The molecule has 1 rings (SSSR count). The van der Waals surface area contributed by atoms with Gasteiger partial charge in [0.2, 0.25) is 5.91 Å². The molecule has 1 heterocycles. The van der Waals surface area contributed by atoms with Crippen molar-refractivity contribution in [2.24, 2.45) is 11.7 Å². The summed E-state index contributed by atoms with van der Waals surface area (Å²) in [5.41, 5.74) is 5.79. The quantitative estimate of drug-likeness (QED) is 0.731. The van der Waals surface area contributed by atoms with E-state index in [2.05, 4.69) is 0 Å². The number of hydrogen-bond donors (Lipinski definition) is 2. The van der Waals surface area contributed by atoms with Crippen molar-refractivity contribution in [3.05, 3.63) is 0 Å². The highest BCUT2D eigenvalue weighted by atomic mass is 16.4. The van der Waals surface area contributed by atoms with Gasteiger partial charge >= 0.3 is 5.97 Å². The lowest BCUT2D eigenvalue weighted by Gasteiger charge is -2.31. The van der Waals surface area contributed by atoms with E-state index in [1.807, 2.05) is 0 Å². The molecule has 5 heteroatoms. The fourth-order valence-corrected chi connectivity index (χ4v) is 2.03. The predicted octanol–water partition coefficient (Wildman–Crippen LogP) is 0.437. The van der Waals surface area contributed by atoms with Crippen LogP contribution in [0.4, 0.5) is 0 Å². The zero-order valence-corrected chi connectivity index (χ0v) is 9.69. The van der Waals surface area contributed by atoms with Crippen LogP contribution in [0.2, 0.25) is 0 Å². The third-order valence-corrected chi connectivity index (χ3v) is 2.86. The highest BCUT2D eigenvalue weighted by molar-refractivity contribution is 5.77. The summed E-state index contributed by atoms with van der Waals surface area (Å²) in [4.78, 5) is 24.0. The van der Waals surface area contributed by atoms with Crippen LogP contribution in [0.15, 0.2) is 0 Å². The number of rotatable bonds is 4. The summed E-state index contributed by atoms with van der Waals surface area (Å²) < 4.78 is 0. The van der Waals surface area contributed by atoms with Crippen molar-refractivity contribution >= 4 is 11.9 Å². The Morgan fingerprint density at radius 2 is 2.19 bits per heavy atom. The van der Waals surface area contributed by atoms with Gasteiger partial charge < -0.3 is 15.7 Å². The Labute approximate surface area is 95.6 Å². The molecule has 1 amide bonds. The average Bonchev–Trinajstić information content (AvgIpc) is 2.16. The normalized spacial score (nSPS) is 22.9. The number of aliphatic carboxylic acids is 1. The molecule has 0 aromatic rings. The highest BCUT2D eigenvalue weighted by Gasteiger charge is 2.22. The molecule has 0 aromatic heterocycles. The number of nitrogens with zero attached hydrogens (tertiary/aromatic N) is 1. The van der Waals surface area contributed by atoms with Crippen LogP contribution in [0.25, 0.3) is 0 Å². The fraction of sp³-hybridized carbons (Fsp3) is 0.818. The van der Waals surface area contributed by atoms with Gasteiger partial charge in [0, 0.05) is 32.0 Å². The predicted molar refractivity (Wildman–Crippen MR) is 59.8 cm³/mol. The van der Waals surface area contributed by atoms with Gasteiger partial charge in [0.25, 0.3) is 0 Å². The van der Waals surface area contributed by atoms with E-state index in [1.54, 1.807) is 11.8 Å². The van der Waals surface area contributed by atoms with Crippen LogP contribution in [0.3, 0.4) is 0 Å². The Morgan fingerprint density at radius 1 is 1.50 bits per heavy atom. The molecule has 1 saturated heterocycles. The molecule has 2 atom stereocenters. The van der Waals surface area contributed by atoms with Gasteiger partial charge in [-0.15, -0.1) is 0 Å². The minimum Gasteiger partial charge on any atom is -0.481 e. The zero-order valence-electron chi connectivity index (χ0n) is 9.69. The van der Waals surface area contributed by atoms with Crippen LogP contribution in [0.1, 0.15) is 32.6 Å². The summed E-state index contributed by atoms with van der Waals surface area (Å²) in [5.74, 6) is -0.928. The van der Waals surface area contributed by atoms with E-state index in [0.29, 0.717) is 13.0 Å². The molecule has 2 unspecified atom stereocenters. The van der Waals surface area contributed by atoms with Gasteiger partial charge in [-0.25, -0.2) is 0 Å². The van der Waals surface area contributed by atoms with Crippen molar-refractivity contribution in [3.63, 3.8) is 0 Å². The van der Waals surface area contributed by atoms with Crippen LogP contribution >= 0.6 is 0 Å². The van der Waals surface area contributed by atoms with Crippen molar-refractivity contribution in [1.29, 1.82) is 0 Å². The fourth-order valence-electron chi connectivity index (χ4n) is 2.03. The van der Waals surface area contributed by atoms with Crippen LogP contribution in [-0.4, -0.2) is 41.0 Å². The van der Waals surface area contributed by atoms with E-state index in [0.717, 1.165) is 19.4 Å². The number of carboxylic acid groups (broad SMARTS) is 1. The van der Waals surface area contributed by atoms with E-state index in [1.165, 1.54) is 0 Å². The van der Waals surface area contributed by atoms with Gasteiger partial charge in [-0.1, -0.05) is 6.92 Å². The number of nitrogens with two attached hydrogens (primary N) is 1. The monoisotopic (exact) mass is 228 g/mol. The van der Waals surface area contributed by atoms with Gasteiger partial charge in [0.1, 0.15) is 0 Å². The number of likely N-dealkylation sites (tertiary alicyclic amines) is 1. The van der Waals surface area contributed by atoms with E-state index >= 15 is 0 Å². The maximum Gasteiger partial charge on any atom is 0.303 e. The number of piperidine rings is 1. The first-order valence-electron chi connectivity index (χ1n) is 5.74. The number of carboxylic acids is 1. The zero-order chi connectivity index (χ0) is 12.1. The highest BCUT2D eigenvalue weighted by Crippen LogP contribution is 2.14. The second-order valence-corrected chi connectivity index (χ2v) is 4.65. The molecule has 0 aromatic carbocycles. The second-order valence-electron chi connectivity index (χ2n) is 4.65. The van der Waals surface area contributed by atoms with Crippen molar-refractivity contribution in [3.8, 4) is 0 Å². The third-order valence-electron chi connectivity index (χ3n) is 2.86. The third kappa shape index (κ3) is 4.18. The molecule has 3 N–H and O–H groups in total. The second kappa shape index (κ2) is 5.84. The SMILES string of the molecule is CC(CC(=O)O)CC(=O)N1CCCC(N)C1. The Morgan fingerprint density at radius 3 is 2.75 bits per heavy atom. The van der Waals surface area contributed by atoms with Gasteiger partial charge in [-0.3, -0.25) is 9.59 Å². The molecule has 5 nitrogen and oxygen atoms in total. The number of carbonyl (C=O) groups is 2. The number of hydrogen-bond acceptors (Lipinski definition) is 3. The largest absolute Gasteiger partial charge is 0.481 e.